The number of aliphatic hydroxyl groups excluding tert-OH is 4. The lowest BCUT2D eigenvalue weighted by Crippen LogP contribution is -2.10. The van der Waals surface area contributed by atoms with Gasteiger partial charge in [0.2, 0.25) is 0 Å². The molecule has 4 heteroatoms. The second kappa shape index (κ2) is 28.8. The molecule has 0 radical (unpaired) electrons. The second-order valence-corrected chi connectivity index (χ2v) is 8.91. The van der Waals surface area contributed by atoms with Gasteiger partial charge in [-0.1, -0.05) is 129 Å². The minimum Gasteiger partial charge on any atom is -0.394 e. The SMILES string of the molecule is CCCCCCCCCCC(O)CO.CCCCCCCCCCCCC(O)CO. The van der Waals surface area contributed by atoms with Gasteiger partial charge in [-0.2, -0.15) is 0 Å². The molecule has 0 aromatic rings. The highest BCUT2D eigenvalue weighted by molar-refractivity contribution is 4.54. The summed E-state index contributed by atoms with van der Waals surface area (Å²) in [5, 5.41) is 35.4. The number of aliphatic hydroxyl groups is 4. The van der Waals surface area contributed by atoms with Crippen molar-refractivity contribution in [3.05, 3.63) is 0 Å². The summed E-state index contributed by atoms with van der Waals surface area (Å²) in [5.74, 6) is 0. The third-order valence-electron chi connectivity index (χ3n) is 5.70. The number of rotatable bonds is 22. The van der Waals surface area contributed by atoms with E-state index in [4.69, 9.17) is 20.4 Å². The van der Waals surface area contributed by atoms with Crippen molar-refractivity contribution in [1.29, 1.82) is 0 Å². The van der Waals surface area contributed by atoms with Gasteiger partial charge in [0.15, 0.2) is 0 Å². The highest BCUT2D eigenvalue weighted by Crippen LogP contribution is 2.12. The van der Waals surface area contributed by atoms with E-state index >= 15 is 0 Å². The summed E-state index contributed by atoms with van der Waals surface area (Å²) < 4.78 is 0. The zero-order valence-corrected chi connectivity index (χ0v) is 20.5. The molecule has 0 fully saturated rings. The average molecular weight is 433 g/mol. The van der Waals surface area contributed by atoms with Crippen molar-refractivity contribution in [1.82, 2.24) is 0 Å². The second-order valence-electron chi connectivity index (χ2n) is 8.91. The van der Waals surface area contributed by atoms with Crippen LogP contribution in [0.1, 0.15) is 142 Å². The van der Waals surface area contributed by atoms with E-state index in [0.717, 1.165) is 25.7 Å². The van der Waals surface area contributed by atoms with E-state index in [0.29, 0.717) is 0 Å². The Hall–Kier alpha value is -0.160. The Morgan fingerprint density at radius 2 is 0.633 bits per heavy atom. The number of unbranched alkanes of at least 4 members (excludes halogenated alkanes) is 16. The molecule has 0 saturated carbocycles. The molecule has 0 aromatic heterocycles. The summed E-state index contributed by atoms with van der Waals surface area (Å²) in [6, 6.07) is 0. The maximum atomic E-state index is 9.13. The molecule has 0 aliphatic carbocycles. The van der Waals surface area contributed by atoms with Gasteiger partial charge >= 0.3 is 0 Å². The van der Waals surface area contributed by atoms with Crippen LogP contribution in [0.5, 0.6) is 0 Å². The summed E-state index contributed by atoms with van der Waals surface area (Å²) in [5.41, 5.74) is 0. The van der Waals surface area contributed by atoms with Gasteiger partial charge in [0.05, 0.1) is 25.4 Å². The van der Waals surface area contributed by atoms with Gasteiger partial charge in [0.25, 0.3) is 0 Å². The zero-order valence-electron chi connectivity index (χ0n) is 20.5. The molecule has 0 aliphatic heterocycles. The molecule has 0 bridgehead atoms. The quantitative estimate of drug-likeness (QED) is 0.147. The lowest BCUT2D eigenvalue weighted by molar-refractivity contribution is 0.0859. The smallest absolute Gasteiger partial charge is 0.0770 e. The van der Waals surface area contributed by atoms with Crippen LogP contribution in [0.25, 0.3) is 0 Å². The minimum absolute atomic E-state index is 0.0859. The molecule has 0 spiro atoms. The fraction of sp³-hybridized carbons (Fsp3) is 1.00. The first-order chi connectivity index (χ1) is 14.6. The van der Waals surface area contributed by atoms with Crippen LogP contribution >= 0.6 is 0 Å². The Morgan fingerprint density at radius 1 is 0.400 bits per heavy atom. The first kappa shape index (κ1) is 32.0. The Balaban J connectivity index is 0. The molecule has 0 saturated heterocycles. The average Bonchev–Trinajstić information content (AvgIpc) is 2.76. The molecule has 0 amide bonds. The van der Waals surface area contributed by atoms with Crippen LogP contribution in [0.15, 0.2) is 0 Å². The van der Waals surface area contributed by atoms with Crippen LogP contribution in [-0.4, -0.2) is 45.8 Å². The molecule has 0 heterocycles. The molecule has 2 unspecified atom stereocenters. The molecule has 0 rings (SSSR count). The highest BCUT2D eigenvalue weighted by atomic mass is 16.3. The normalized spacial score (nSPS) is 13.0. The fourth-order valence-corrected chi connectivity index (χ4v) is 3.56. The predicted octanol–water partition coefficient (Wildman–Crippen LogP) is 6.52. The maximum Gasteiger partial charge on any atom is 0.0770 e. The molecule has 30 heavy (non-hydrogen) atoms. The van der Waals surface area contributed by atoms with Crippen molar-refractivity contribution in [2.24, 2.45) is 0 Å². The molecule has 4 nitrogen and oxygen atoms in total. The monoisotopic (exact) mass is 432 g/mol. The van der Waals surface area contributed by atoms with Crippen molar-refractivity contribution in [3.8, 4) is 0 Å². The van der Waals surface area contributed by atoms with E-state index < -0.39 is 12.2 Å². The number of hydrogen-bond donors (Lipinski definition) is 4. The largest absolute Gasteiger partial charge is 0.394 e. The summed E-state index contributed by atoms with van der Waals surface area (Å²) in [6.45, 7) is 4.31. The predicted molar refractivity (Wildman–Crippen MR) is 130 cm³/mol. The summed E-state index contributed by atoms with van der Waals surface area (Å²) in [6.07, 6.45) is 23.9. The molecule has 0 aromatic carbocycles. The Bertz CT molecular complexity index is 286. The highest BCUT2D eigenvalue weighted by Gasteiger charge is 2.01. The molecule has 0 aliphatic rings. The minimum atomic E-state index is -0.492. The van der Waals surface area contributed by atoms with Gasteiger partial charge < -0.3 is 20.4 Å². The molecular weight excluding hydrogens is 376 g/mol. The lowest BCUT2D eigenvalue weighted by atomic mass is 10.0. The lowest BCUT2D eigenvalue weighted by Gasteiger charge is -2.06. The van der Waals surface area contributed by atoms with Crippen LogP contribution in [0, 0.1) is 0 Å². The van der Waals surface area contributed by atoms with E-state index in [2.05, 4.69) is 13.8 Å². The van der Waals surface area contributed by atoms with E-state index in [1.807, 2.05) is 0 Å². The van der Waals surface area contributed by atoms with E-state index in [1.165, 1.54) is 103 Å². The molecule has 2 atom stereocenters. The standard InChI is InChI=1S/C14H30O2.C12H26O2/c1-2-3-4-5-6-7-8-9-10-11-12-14(16)13-15;1-2-3-4-5-6-7-8-9-10-12(14)11-13/h14-16H,2-13H2,1H3;12-14H,2-11H2,1H3. The van der Waals surface area contributed by atoms with Crippen molar-refractivity contribution >= 4 is 0 Å². The van der Waals surface area contributed by atoms with Crippen LogP contribution in [-0.2, 0) is 0 Å². The van der Waals surface area contributed by atoms with Crippen molar-refractivity contribution in [2.45, 2.75) is 154 Å². The maximum absolute atomic E-state index is 9.13. The van der Waals surface area contributed by atoms with Gasteiger partial charge in [0, 0.05) is 0 Å². The van der Waals surface area contributed by atoms with Crippen LogP contribution in [0.2, 0.25) is 0 Å². The third kappa shape index (κ3) is 30.0. The van der Waals surface area contributed by atoms with E-state index in [1.54, 1.807) is 0 Å². The van der Waals surface area contributed by atoms with Gasteiger partial charge in [-0.15, -0.1) is 0 Å². The number of hydrogen-bond acceptors (Lipinski definition) is 4. The van der Waals surface area contributed by atoms with E-state index in [-0.39, 0.29) is 13.2 Å². The molecular formula is C26H56O4. The first-order valence-corrected chi connectivity index (χ1v) is 13.2. The summed E-state index contributed by atoms with van der Waals surface area (Å²) >= 11 is 0. The Morgan fingerprint density at radius 3 is 0.867 bits per heavy atom. The third-order valence-corrected chi connectivity index (χ3v) is 5.70. The summed E-state index contributed by atoms with van der Waals surface area (Å²) in [7, 11) is 0. The van der Waals surface area contributed by atoms with Crippen LogP contribution in [0.4, 0.5) is 0 Å². The van der Waals surface area contributed by atoms with Crippen molar-refractivity contribution < 1.29 is 20.4 Å². The molecule has 4 N–H and O–H groups in total. The van der Waals surface area contributed by atoms with Crippen molar-refractivity contribution in [3.63, 3.8) is 0 Å². The Labute approximate surface area is 188 Å². The topological polar surface area (TPSA) is 80.9 Å². The van der Waals surface area contributed by atoms with Gasteiger partial charge in [-0.25, -0.2) is 0 Å². The summed E-state index contributed by atoms with van der Waals surface area (Å²) in [4.78, 5) is 0. The first-order valence-electron chi connectivity index (χ1n) is 13.2. The van der Waals surface area contributed by atoms with E-state index in [9.17, 15) is 0 Å². The van der Waals surface area contributed by atoms with Crippen LogP contribution in [0.3, 0.4) is 0 Å². The van der Waals surface area contributed by atoms with Crippen LogP contribution < -0.4 is 0 Å². The van der Waals surface area contributed by atoms with Crippen molar-refractivity contribution in [2.75, 3.05) is 13.2 Å². The zero-order chi connectivity index (χ0) is 22.7. The molecule has 184 valence electrons. The van der Waals surface area contributed by atoms with Gasteiger partial charge in [-0.05, 0) is 12.8 Å². The fourth-order valence-electron chi connectivity index (χ4n) is 3.56. The van der Waals surface area contributed by atoms with Gasteiger partial charge in [0.1, 0.15) is 0 Å². The van der Waals surface area contributed by atoms with Gasteiger partial charge in [-0.3, -0.25) is 0 Å². The Kier molecular flexibility index (Phi) is 30.8.